The van der Waals surface area contributed by atoms with E-state index in [1.54, 1.807) is 0 Å². The number of benzene rings is 12. The molecule has 0 amide bonds. The Labute approximate surface area is 426 Å². The van der Waals surface area contributed by atoms with Crippen LogP contribution in [0.5, 0.6) is 0 Å². The van der Waals surface area contributed by atoms with E-state index in [1.165, 1.54) is 88.2 Å². The highest BCUT2D eigenvalue weighted by Gasteiger charge is 2.47. The third kappa shape index (κ3) is 6.65. The van der Waals surface area contributed by atoms with Crippen molar-refractivity contribution in [3.8, 4) is 50.2 Å². The Hall–Kier alpha value is -9.50. The number of para-hydroxylation sites is 4. The van der Waals surface area contributed by atoms with Crippen LogP contribution in [0.2, 0.25) is 0 Å². The van der Waals surface area contributed by atoms with E-state index in [0.29, 0.717) is 0 Å². The molecule has 2 heteroatoms. The number of nitrogens with zero attached hydrogens (tertiary/aromatic N) is 2. The predicted molar refractivity (Wildman–Crippen MR) is 307 cm³/mol. The summed E-state index contributed by atoms with van der Waals surface area (Å²) in [5, 5.41) is 4.92. The summed E-state index contributed by atoms with van der Waals surface area (Å²) in [5.74, 6) is 0. The molecule has 1 aromatic heterocycles. The van der Waals surface area contributed by atoms with Gasteiger partial charge in [-0.15, -0.1) is 0 Å². The summed E-state index contributed by atoms with van der Waals surface area (Å²) in [6.07, 6.45) is 0. The second-order valence-corrected chi connectivity index (χ2v) is 19.1. The van der Waals surface area contributed by atoms with E-state index in [0.717, 1.165) is 33.9 Å². The zero-order valence-corrected chi connectivity index (χ0v) is 40.1. The maximum Gasteiger partial charge on any atom is 0.0714 e. The molecule has 13 aromatic rings. The fraction of sp³-hybridized carbons (Fsp3) is 0.0141. The number of hydrogen-bond donors (Lipinski definition) is 0. The lowest BCUT2D eigenvalue weighted by atomic mass is 9.68. The molecule has 73 heavy (non-hydrogen) atoms. The summed E-state index contributed by atoms with van der Waals surface area (Å²) in [6.45, 7) is 0. The standard InChI is InChI=1S/C71H48N2/c1-5-23-49(24-6-1)56-36-19-25-51-26-20-38-60(68(51)56)58-33-14-17-42-65(58)72(55-47-45-50(46-48-55)57-37-21-39-61-59-34-15-18-43-66(59)73(70(57)61)54-31-11-4-12-32-54)67-44-22-41-64-69(67)62-35-13-16-40-63(62)71(64,52-27-7-2-8-28-52)53-29-9-3-10-30-53/h1-48H. The van der Waals surface area contributed by atoms with Crippen LogP contribution >= 0.6 is 0 Å². The van der Waals surface area contributed by atoms with Gasteiger partial charge >= 0.3 is 0 Å². The van der Waals surface area contributed by atoms with Crippen LogP contribution in [0.15, 0.2) is 291 Å². The number of fused-ring (bicyclic) bond motifs is 7. The minimum Gasteiger partial charge on any atom is -0.309 e. The third-order valence-corrected chi connectivity index (χ3v) is 15.3. The van der Waals surface area contributed by atoms with Crippen LogP contribution in [0.4, 0.5) is 17.1 Å². The first-order valence-corrected chi connectivity index (χ1v) is 25.3. The van der Waals surface area contributed by atoms with Gasteiger partial charge in [0.2, 0.25) is 0 Å². The van der Waals surface area contributed by atoms with Gasteiger partial charge in [0.25, 0.3) is 0 Å². The van der Waals surface area contributed by atoms with E-state index in [1.807, 2.05) is 0 Å². The van der Waals surface area contributed by atoms with Crippen molar-refractivity contribution < 1.29 is 0 Å². The number of hydrogen-bond acceptors (Lipinski definition) is 1. The van der Waals surface area contributed by atoms with Gasteiger partial charge < -0.3 is 9.47 Å². The smallest absolute Gasteiger partial charge is 0.0714 e. The van der Waals surface area contributed by atoms with Gasteiger partial charge in [-0.25, -0.2) is 0 Å². The fourth-order valence-corrected chi connectivity index (χ4v) is 12.3. The molecule has 0 fully saturated rings. The number of aromatic nitrogens is 1. The van der Waals surface area contributed by atoms with Gasteiger partial charge in [0.05, 0.1) is 27.8 Å². The summed E-state index contributed by atoms with van der Waals surface area (Å²) >= 11 is 0. The molecule has 0 unspecified atom stereocenters. The topological polar surface area (TPSA) is 8.17 Å². The van der Waals surface area contributed by atoms with Gasteiger partial charge in [-0.05, 0) is 103 Å². The molecule has 12 aromatic carbocycles. The minimum absolute atomic E-state index is 0.560. The summed E-state index contributed by atoms with van der Waals surface area (Å²) in [6, 6.07) is 107. The molecule has 1 aliphatic rings. The first-order valence-electron chi connectivity index (χ1n) is 25.3. The van der Waals surface area contributed by atoms with Crippen LogP contribution in [0.3, 0.4) is 0 Å². The van der Waals surface area contributed by atoms with Crippen molar-refractivity contribution in [2.24, 2.45) is 0 Å². The molecule has 0 saturated heterocycles. The molecule has 14 rings (SSSR count). The van der Waals surface area contributed by atoms with Crippen LogP contribution in [0.25, 0.3) is 82.8 Å². The maximum atomic E-state index is 2.53. The molecule has 342 valence electrons. The SMILES string of the molecule is c1ccc(-c2cccc3cccc(-c4ccccc4N(c4ccc(-c5cccc6c7ccccc7n(-c7ccccc7)c56)cc4)c4cccc5c4-c4ccccc4C5(c4ccccc4)c4ccccc4)c23)cc1. The Morgan fingerprint density at radius 3 is 1.56 bits per heavy atom. The Bertz CT molecular complexity index is 4130. The van der Waals surface area contributed by atoms with Crippen molar-refractivity contribution in [1.29, 1.82) is 0 Å². The van der Waals surface area contributed by atoms with Gasteiger partial charge in [0, 0.05) is 38.8 Å². The molecule has 0 saturated carbocycles. The first kappa shape index (κ1) is 42.4. The van der Waals surface area contributed by atoms with E-state index in [2.05, 4.69) is 301 Å². The summed E-state index contributed by atoms with van der Waals surface area (Å²) in [5.41, 5.74) is 20.8. The number of rotatable bonds is 9. The van der Waals surface area contributed by atoms with Crippen molar-refractivity contribution in [2.75, 3.05) is 4.90 Å². The third-order valence-electron chi connectivity index (χ3n) is 15.3. The second kappa shape index (κ2) is 17.4. The lowest BCUT2D eigenvalue weighted by Crippen LogP contribution is -2.28. The molecule has 0 radical (unpaired) electrons. The molecule has 1 aliphatic carbocycles. The zero-order chi connectivity index (χ0) is 48.3. The normalized spacial score (nSPS) is 12.5. The van der Waals surface area contributed by atoms with Gasteiger partial charge in [0.15, 0.2) is 0 Å². The first-order chi connectivity index (χ1) is 36.3. The highest BCUT2D eigenvalue weighted by atomic mass is 15.1. The lowest BCUT2D eigenvalue weighted by Gasteiger charge is -2.34. The Balaban J connectivity index is 1.04. The van der Waals surface area contributed by atoms with Gasteiger partial charge in [-0.2, -0.15) is 0 Å². The molecule has 0 bridgehead atoms. The van der Waals surface area contributed by atoms with Crippen LogP contribution in [-0.4, -0.2) is 4.57 Å². The average molecular weight is 929 g/mol. The van der Waals surface area contributed by atoms with Crippen LogP contribution < -0.4 is 4.90 Å². The molecule has 0 atom stereocenters. The van der Waals surface area contributed by atoms with E-state index >= 15 is 0 Å². The minimum atomic E-state index is -0.560. The van der Waals surface area contributed by atoms with Crippen molar-refractivity contribution in [3.63, 3.8) is 0 Å². The van der Waals surface area contributed by atoms with Gasteiger partial charge in [-0.1, -0.05) is 249 Å². The van der Waals surface area contributed by atoms with E-state index < -0.39 is 5.41 Å². The van der Waals surface area contributed by atoms with Crippen molar-refractivity contribution in [2.45, 2.75) is 5.41 Å². The predicted octanol–water partition coefficient (Wildman–Crippen LogP) is 18.8. The zero-order valence-electron chi connectivity index (χ0n) is 40.1. The summed E-state index contributed by atoms with van der Waals surface area (Å²) in [4.78, 5) is 2.53. The van der Waals surface area contributed by atoms with Gasteiger partial charge in [-0.3, -0.25) is 0 Å². The molecular weight excluding hydrogens is 881 g/mol. The molecule has 0 aliphatic heterocycles. The van der Waals surface area contributed by atoms with E-state index in [4.69, 9.17) is 0 Å². The lowest BCUT2D eigenvalue weighted by molar-refractivity contribution is 0.768. The number of anilines is 3. The largest absolute Gasteiger partial charge is 0.309 e. The van der Waals surface area contributed by atoms with Crippen molar-refractivity contribution >= 4 is 49.6 Å². The Kier molecular flexibility index (Phi) is 10.1. The molecule has 0 spiro atoms. The Morgan fingerprint density at radius 2 is 0.822 bits per heavy atom. The fourth-order valence-electron chi connectivity index (χ4n) is 12.3. The monoisotopic (exact) mass is 928 g/mol. The Morgan fingerprint density at radius 1 is 0.315 bits per heavy atom. The maximum absolute atomic E-state index is 2.53. The van der Waals surface area contributed by atoms with Crippen molar-refractivity contribution in [3.05, 3.63) is 313 Å². The summed E-state index contributed by atoms with van der Waals surface area (Å²) in [7, 11) is 0. The van der Waals surface area contributed by atoms with Crippen LogP contribution in [-0.2, 0) is 5.41 Å². The van der Waals surface area contributed by atoms with Gasteiger partial charge in [0.1, 0.15) is 0 Å². The highest BCUT2D eigenvalue weighted by Crippen LogP contribution is 2.60. The summed E-state index contributed by atoms with van der Waals surface area (Å²) < 4.78 is 2.43. The van der Waals surface area contributed by atoms with E-state index in [9.17, 15) is 0 Å². The molecule has 1 heterocycles. The highest BCUT2D eigenvalue weighted by molar-refractivity contribution is 6.14. The molecule has 2 nitrogen and oxygen atoms in total. The van der Waals surface area contributed by atoms with Crippen LogP contribution in [0.1, 0.15) is 22.3 Å². The quantitative estimate of drug-likeness (QED) is 0.140. The van der Waals surface area contributed by atoms with Crippen molar-refractivity contribution in [1.82, 2.24) is 4.57 Å². The van der Waals surface area contributed by atoms with E-state index in [-0.39, 0.29) is 0 Å². The molecular formula is C71H48N2. The average Bonchev–Trinajstić information content (AvgIpc) is 3.98. The van der Waals surface area contributed by atoms with Crippen LogP contribution in [0, 0.1) is 0 Å². The second-order valence-electron chi connectivity index (χ2n) is 19.1. The molecule has 0 N–H and O–H groups in total.